The van der Waals surface area contributed by atoms with E-state index < -0.39 is 11.6 Å². The molecule has 1 aromatic rings. The fourth-order valence-corrected chi connectivity index (χ4v) is 2.56. The van der Waals surface area contributed by atoms with Crippen LogP contribution >= 0.6 is 0 Å². The van der Waals surface area contributed by atoms with Crippen molar-refractivity contribution in [1.29, 1.82) is 0 Å². The van der Waals surface area contributed by atoms with Gasteiger partial charge in [-0.3, -0.25) is 0 Å². The topological polar surface area (TPSA) is 21.3 Å². The highest BCUT2D eigenvalue weighted by molar-refractivity contribution is 5.24. The first-order valence-corrected chi connectivity index (χ1v) is 6.49. The minimum atomic E-state index is -0.480. The van der Waals surface area contributed by atoms with Crippen molar-refractivity contribution >= 4 is 0 Å². The van der Waals surface area contributed by atoms with Crippen LogP contribution in [0.25, 0.3) is 0 Å². The molecule has 4 heteroatoms. The van der Waals surface area contributed by atoms with E-state index in [4.69, 9.17) is 4.74 Å². The number of nitrogens with one attached hydrogen (secondary N) is 1. The zero-order valence-electron chi connectivity index (χ0n) is 10.6. The Balaban J connectivity index is 2.28. The van der Waals surface area contributed by atoms with Crippen LogP contribution < -0.4 is 5.32 Å². The summed E-state index contributed by atoms with van der Waals surface area (Å²) >= 11 is 0. The SMILES string of the molecule is CCNC(c1c(F)cccc1F)C1CCCOC1. The Morgan fingerprint density at radius 3 is 2.67 bits per heavy atom. The second-order valence-corrected chi connectivity index (χ2v) is 4.65. The van der Waals surface area contributed by atoms with Crippen molar-refractivity contribution in [3.05, 3.63) is 35.4 Å². The summed E-state index contributed by atoms with van der Waals surface area (Å²) < 4.78 is 33.1. The summed E-state index contributed by atoms with van der Waals surface area (Å²) in [6, 6.07) is 3.71. The quantitative estimate of drug-likeness (QED) is 0.893. The molecule has 1 heterocycles. The summed E-state index contributed by atoms with van der Waals surface area (Å²) in [5, 5.41) is 3.19. The number of halogens is 2. The molecule has 0 amide bonds. The third kappa shape index (κ3) is 2.87. The van der Waals surface area contributed by atoms with Crippen molar-refractivity contribution in [2.45, 2.75) is 25.8 Å². The van der Waals surface area contributed by atoms with Crippen LogP contribution in [0.1, 0.15) is 31.4 Å². The molecule has 2 rings (SSSR count). The van der Waals surface area contributed by atoms with E-state index in [2.05, 4.69) is 5.32 Å². The first kappa shape index (κ1) is 13.4. The molecule has 0 saturated carbocycles. The normalized spacial score (nSPS) is 21.8. The molecule has 2 nitrogen and oxygen atoms in total. The average molecular weight is 255 g/mol. The first-order chi connectivity index (χ1) is 8.74. The summed E-state index contributed by atoms with van der Waals surface area (Å²) in [7, 11) is 0. The highest BCUT2D eigenvalue weighted by atomic mass is 19.1. The minimum Gasteiger partial charge on any atom is -0.381 e. The van der Waals surface area contributed by atoms with Crippen LogP contribution in [0, 0.1) is 17.6 Å². The van der Waals surface area contributed by atoms with Gasteiger partial charge in [-0.1, -0.05) is 13.0 Å². The van der Waals surface area contributed by atoms with Gasteiger partial charge in [0.1, 0.15) is 11.6 Å². The van der Waals surface area contributed by atoms with E-state index in [0.717, 1.165) is 19.4 Å². The lowest BCUT2D eigenvalue weighted by Crippen LogP contribution is -2.34. The molecular formula is C14H19F2NO. The Kier molecular flexibility index (Phi) is 4.66. The predicted molar refractivity (Wildman–Crippen MR) is 66.3 cm³/mol. The number of ether oxygens (including phenoxy) is 1. The summed E-state index contributed by atoms with van der Waals surface area (Å²) in [4.78, 5) is 0. The Bertz CT molecular complexity index is 371. The second kappa shape index (κ2) is 6.25. The van der Waals surface area contributed by atoms with Gasteiger partial charge in [-0.2, -0.15) is 0 Å². The van der Waals surface area contributed by atoms with Gasteiger partial charge in [-0.05, 0) is 31.5 Å². The zero-order valence-corrected chi connectivity index (χ0v) is 10.6. The fraction of sp³-hybridized carbons (Fsp3) is 0.571. The van der Waals surface area contributed by atoms with E-state index in [1.54, 1.807) is 0 Å². The Labute approximate surface area is 106 Å². The highest BCUT2D eigenvalue weighted by Crippen LogP contribution is 2.31. The Morgan fingerprint density at radius 2 is 2.11 bits per heavy atom. The molecule has 1 aliphatic rings. The smallest absolute Gasteiger partial charge is 0.130 e. The zero-order chi connectivity index (χ0) is 13.0. The number of benzene rings is 1. The lowest BCUT2D eigenvalue weighted by atomic mass is 9.88. The van der Waals surface area contributed by atoms with Crippen molar-refractivity contribution in [3.63, 3.8) is 0 Å². The molecule has 0 bridgehead atoms. The van der Waals surface area contributed by atoms with Gasteiger partial charge in [-0.15, -0.1) is 0 Å². The van der Waals surface area contributed by atoms with E-state index in [0.29, 0.717) is 13.2 Å². The molecule has 0 aliphatic carbocycles. The van der Waals surface area contributed by atoms with E-state index in [9.17, 15) is 8.78 Å². The van der Waals surface area contributed by atoms with Gasteiger partial charge < -0.3 is 10.1 Å². The Morgan fingerprint density at radius 1 is 1.39 bits per heavy atom. The lowest BCUT2D eigenvalue weighted by molar-refractivity contribution is 0.0382. The number of hydrogen-bond acceptors (Lipinski definition) is 2. The molecule has 1 aliphatic heterocycles. The number of rotatable bonds is 4. The second-order valence-electron chi connectivity index (χ2n) is 4.65. The van der Waals surface area contributed by atoms with Gasteiger partial charge >= 0.3 is 0 Å². The molecule has 1 N–H and O–H groups in total. The predicted octanol–water partition coefficient (Wildman–Crippen LogP) is 3.04. The van der Waals surface area contributed by atoms with Gasteiger partial charge in [0.15, 0.2) is 0 Å². The first-order valence-electron chi connectivity index (χ1n) is 6.49. The lowest BCUT2D eigenvalue weighted by Gasteiger charge is -2.31. The van der Waals surface area contributed by atoms with Gasteiger partial charge in [0.25, 0.3) is 0 Å². The third-order valence-electron chi connectivity index (χ3n) is 3.40. The van der Waals surface area contributed by atoms with Crippen molar-refractivity contribution < 1.29 is 13.5 Å². The molecule has 1 saturated heterocycles. The molecule has 100 valence electrons. The van der Waals surface area contributed by atoms with Crippen molar-refractivity contribution in [1.82, 2.24) is 5.32 Å². The van der Waals surface area contributed by atoms with Crippen molar-refractivity contribution in [2.24, 2.45) is 5.92 Å². The van der Waals surface area contributed by atoms with E-state index in [-0.39, 0.29) is 17.5 Å². The van der Waals surface area contributed by atoms with Crippen LogP contribution in [-0.2, 0) is 4.74 Å². The van der Waals surface area contributed by atoms with Crippen molar-refractivity contribution in [2.75, 3.05) is 19.8 Å². The van der Waals surface area contributed by atoms with Crippen LogP contribution in [0.4, 0.5) is 8.78 Å². The molecule has 1 fully saturated rings. The molecule has 2 atom stereocenters. The summed E-state index contributed by atoms with van der Waals surface area (Å²) in [6.45, 7) is 3.92. The van der Waals surface area contributed by atoms with Gasteiger partial charge in [-0.25, -0.2) is 8.78 Å². The van der Waals surface area contributed by atoms with Crippen LogP contribution in [-0.4, -0.2) is 19.8 Å². The van der Waals surface area contributed by atoms with Crippen LogP contribution in [0.3, 0.4) is 0 Å². The maximum atomic E-state index is 13.9. The molecule has 18 heavy (non-hydrogen) atoms. The highest BCUT2D eigenvalue weighted by Gasteiger charge is 2.29. The standard InChI is InChI=1S/C14H19F2NO/c1-2-17-14(10-5-4-8-18-9-10)13-11(15)6-3-7-12(13)16/h3,6-7,10,14,17H,2,4-5,8-9H2,1H3. The molecule has 2 unspecified atom stereocenters. The molecule has 0 radical (unpaired) electrons. The van der Waals surface area contributed by atoms with Crippen molar-refractivity contribution in [3.8, 4) is 0 Å². The summed E-state index contributed by atoms with van der Waals surface area (Å²) in [6.07, 6.45) is 1.88. The number of hydrogen-bond donors (Lipinski definition) is 1. The molecule has 1 aromatic carbocycles. The monoisotopic (exact) mass is 255 g/mol. The van der Waals surface area contributed by atoms with Crippen LogP contribution in [0.5, 0.6) is 0 Å². The maximum absolute atomic E-state index is 13.9. The average Bonchev–Trinajstić information content (AvgIpc) is 2.38. The fourth-order valence-electron chi connectivity index (χ4n) is 2.56. The van der Waals surface area contributed by atoms with Gasteiger partial charge in [0, 0.05) is 24.1 Å². The third-order valence-corrected chi connectivity index (χ3v) is 3.40. The van der Waals surface area contributed by atoms with Crippen LogP contribution in [0.15, 0.2) is 18.2 Å². The summed E-state index contributed by atoms with van der Waals surface area (Å²) in [5.41, 5.74) is 0.148. The van der Waals surface area contributed by atoms with Gasteiger partial charge in [0.05, 0.1) is 6.61 Å². The van der Waals surface area contributed by atoms with E-state index >= 15 is 0 Å². The maximum Gasteiger partial charge on any atom is 0.130 e. The van der Waals surface area contributed by atoms with E-state index in [1.807, 2.05) is 6.92 Å². The largest absolute Gasteiger partial charge is 0.381 e. The molecule has 0 aromatic heterocycles. The van der Waals surface area contributed by atoms with E-state index in [1.165, 1.54) is 18.2 Å². The molecule has 0 spiro atoms. The van der Waals surface area contributed by atoms with Crippen LogP contribution in [0.2, 0.25) is 0 Å². The molecular weight excluding hydrogens is 236 g/mol. The summed E-state index contributed by atoms with van der Waals surface area (Å²) in [5.74, 6) is -0.830. The van der Waals surface area contributed by atoms with Gasteiger partial charge in [0.2, 0.25) is 0 Å². The Hall–Kier alpha value is -1.00. The minimum absolute atomic E-state index is 0.130.